The van der Waals surface area contributed by atoms with Gasteiger partial charge in [-0.15, -0.1) is 0 Å². The van der Waals surface area contributed by atoms with Gasteiger partial charge in [-0.2, -0.15) is 4.37 Å². The van der Waals surface area contributed by atoms with Crippen LogP contribution in [0.1, 0.15) is 24.2 Å². The second-order valence-electron chi connectivity index (χ2n) is 5.09. The molecule has 0 amide bonds. The van der Waals surface area contributed by atoms with Crippen molar-refractivity contribution in [2.45, 2.75) is 19.8 Å². The van der Waals surface area contributed by atoms with Crippen LogP contribution in [0.25, 0.3) is 6.08 Å². The number of rotatable bonds is 2. The van der Waals surface area contributed by atoms with Crippen LogP contribution in [0.2, 0.25) is 0 Å². The van der Waals surface area contributed by atoms with Gasteiger partial charge in [0, 0.05) is 24.6 Å². The molecule has 0 unspecified atom stereocenters. The molecule has 2 heterocycles. The summed E-state index contributed by atoms with van der Waals surface area (Å²) in [4.78, 5) is 6.60. The van der Waals surface area contributed by atoms with E-state index in [1.54, 1.807) is 6.07 Å². The number of nitrogens with zero attached hydrogens (tertiary/aromatic N) is 3. The van der Waals surface area contributed by atoms with E-state index >= 15 is 0 Å². The molecule has 2 aromatic rings. The fourth-order valence-corrected chi connectivity index (χ4v) is 3.11. The van der Waals surface area contributed by atoms with Crippen molar-refractivity contribution in [1.82, 2.24) is 9.36 Å². The summed E-state index contributed by atoms with van der Waals surface area (Å²) in [5, 5.41) is 0.958. The quantitative estimate of drug-likeness (QED) is 0.845. The third-order valence-electron chi connectivity index (χ3n) is 3.51. The average molecular weight is 307 g/mol. The average Bonchev–Trinajstić information content (AvgIpc) is 2.90. The summed E-state index contributed by atoms with van der Waals surface area (Å²) in [6, 6.07) is 4.01. The zero-order valence-corrected chi connectivity index (χ0v) is 12.5. The summed E-state index contributed by atoms with van der Waals surface area (Å²) >= 11 is 1.42. The normalized spacial score (nSPS) is 15.4. The Morgan fingerprint density at radius 2 is 1.95 bits per heavy atom. The van der Waals surface area contributed by atoms with Crippen LogP contribution in [0.5, 0.6) is 0 Å². The highest BCUT2D eigenvalue weighted by molar-refractivity contribution is 7.09. The number of halogens is 2. The maximum Gasteiger partial charge on any atom is 0.205 e. The summed E-state index contributed by atoms with van der Waals surface area (Å²) in [5.41, 5.74) is 1.96. The summed E-state index contributed by atoms with van der Waals surface area (Å²) in [6.07, 6.45) is 3.75. The van der Waals surface area contributed by atoms with Gasteiger partial charge >= 0.3 is 0 Å². The third-order valence-corrected chi connectivity index (χ3v) is 4.38. The van der Waals surface area contributed by atoms with Gasteiger partial charge in [-0.3, -0.25) is 0 Å². The largest absolute Gasteiger partial charge is 0.346 e. The number of aryl methyl sites for hydroxylation is 1. The van der Waals surface area contributed by atoms with Crippen LogP contribution in [0, 0.1) is 18.6 Å². The van der Waals surface area contributed by atoms with Gasteiger partial charge in [-0.1, -0.05) is 17.7 Å². The highest BCUT2D eigenvalue weighted by Crippen LogP contribution is 2.25. The van der Waals surface area contributed by atoms with Gasteiger partial charge in [-0.25, -0.2) is 13.8 Å². The minimum atomic E-state index is -0.807. The number of anilines is 1. The fourth-order valence-electron chi connectivity index (χ4n) is 2.38. The molecule has 0 radical (unpaired) electrons. The summed E-state index contributed by atoms with van der Waals surface area (Å²) in [6.45, 7) is 3.65. The predicted molar refractivity (Wildman–Crippen MR) is 80.4 cm³/mol. The van der Waals surface area contributed by atoms with Crippen LogP contribution in [-0.4, -0.2) is 22.4 Å². The lowest BCUT2D eigenvalue weighted by Gasteiger charge is -2.27. The Labute approximate surface area is 126 Å². The Morgan fingerprint density at radius 1 is 1.19 bits per heavy atom. The van der Waals surface area contributed by atoms with E-state index in [0.717, 1.165) is 36.9 Å². The molecule has 110 valence electrons. The van der Waals surface area contributed by atoms with Crippen LogP contribution >= 0.6 is 11.5 Å². The number of aromatic nitrogens is 2. The molecule has 0 aliphatic carbocycles. The summed E-state index contributed by atoms with van der Waals surface area (Å²) in [5.74, 6) is -0.803. The van der Waals surface area contributed by atoms with E-state index in [1.807, 2.05) is 13.0 Å². The van der Waals surface area contributed by atoms with Crippen molar-refractivity contribution in [3.8, 4) is 0 Å². The van der Waals surface area contributed by atoms with Crippen molar-refractivity contribution in [1.29, 1.82) is 0 Å². The van der Waals surface area contributed by atoms with Crippen LogP contribution in [0.15, 0.2) is 23.8 Å². The van der Waals surface area contributed by atoms with E-state index < -0.39 is 11.6 Å². The minimum Gasteiger partial charge on any atom is -0.346 e. The maximum absolute atomic E-state index is 13.2. The first-order valence-corrected chi connectivity index (χ1v) is 7.59. The first kappa shape index (κ1) is 14.1. The molecular weight excluding hydrogens is 292 g/mol. The van der Waals surface area contributed by atoms with Gasteiger partial charge in [-0.05, 0) is 37.5 Å². The molecule has 1 aromatic carbocycles. The highest BCUT2D eigenvalue weighted by atomic mass is 32.1. The van der Waals surface area contributed by atoms with Gasteiger partial charge in [0.05, 0.1) is 0 Å². The van der Waals surface area contributed by atoms with Gasteiger partial charge in [0.15, 0.2) is 11.6 Å². The molecule has 0 atom stereocenters. The number of benzene rings is 1. The van der Waals surface area contributed by atoms with Gasteiger partial charge in [0.1, 0.15) is 5.82 Å². The molecule has 1 saturated heterocycles. The van der Waals surface area contributed by atoms with E-state index in [1.165, 1.54) is 29.2 Å². The smallest absolute Gasteiger partial charge is 0.205 e. The van der Waals surface area contributed by atoms with E-state index in [2.05, 4.69) is 14.3 Å². The molecule has 3 rings (SSSR count). The summed E-state index contributed by atoms with van der Waals surface area (Å²) < 4.78 is 30.3. The highest BCUT2D eigenvalue weighted by Gasteiger charge is 2.17. The van der Waals surface area contributed by atoms with Gasteiger partial charge < -0.3 is 4.90 Å². The maximum atomic E-state index is 13.2. The first-order valence-electron chi connectivity index (χ1n) is 6.81. The van der Waals surface area contributed by atoms with Gasteiger partial charge in [0.25, 0.3) is 0 Å². The van der Waals surface area contributed by atoms with Crippen molar-refractivity contribution in [2.75, 3.05) is 18.0 Å². The molecule has 0 spiro atoms. The standard InChI is InChI=1S/C15H15F2N3S/c1-10-18-15(21-19-10)20-6-4-11(5-7-20)8-12-2-3-13(16)14(17)9-12/h2-3,8-9H,4-7H2,1H3. The van der Waals surface area contributed by atoms with Crippen LogP contribution in [-0.2, 0) is 0 Å². The molecule has 6 heteroatoms. The second kappa shape index (κ2) is 5.89. The lowest BCUT2D eigenvalue weighted by atomic mass is 10.0. The molecule has 21 heavy (non-hydrogen) atoms. The van der Waals surface area contributed by atoms with E-state index in [4.69, 9.17) is 0 Å². The monoisotopic (exact) mass is 307 g/mol. The number of piperidine rings is 1. The Hall–Kier alpha value is -1.82. The van der Waals surface area contributed by atoms with Crippen molar-refractivity contribution < 1.29 is 8.78 Å². The molecule has 0 N–H and O–H groups in total. The SMILES string of the molecule is Cc1nsc(N2CCC(=Cc3ccc(F)c(F)c3)CC2)n1. The van der Waals surface area contributed by atoms with Crippen LogP contribution in [0.4, 0.5) is 13.9 Å². The molecule has 0 bridgehead atoms. The molecule has 1 aliphatic rings. The molecular formula is C15H15F2N3S. The lowest BCUT2D eigenvalue weighted by Crippen LogP contribution is -2.30. The van der Waals surface area contributed by atoms with Crippen LogP contribution in [0.3, 0.4) is 0 Å². The van der Waals surface area contributed by atoms with Crippen LogP contribution < -0.4 is 4.90 Å². The molecule has 0 saturated carbocycles. The Kier molecular flexibility index (Phi) is 3.96. The van der Waals surface area contributed by atoms with E-state index in [0.29, 0.717) is 5.56 Å². The van der Waals surface area contributed by atoms with Crippen molar-refractivity contribution >= 4 is 22.7 Å². The zero-order chi connectivity index (χ0) is 14.8. The topological polar surface area (TPSA) is 29.0 Å². The Morgan fingerprint density at radius 3 is 2.57 bits per heavy atom. The van der Waals surface area contributed by atoms with E-state index in [-0.39, 0.29) is 0 Å². The van der Waals surface area contributed by atoms with Gasteiger partial charge in [0.2, 0.25) is 5.13 Å². The van der Waals surface area contributed by atoms with Crippen molar-refractivity contribution in [3.63, 3.8) is 0 Å². The molecule has 1 aromatic heterocycles. The summed E-state index contributed by atoms with van der Waals surface area (Å²) in [7, 11) is 0. The Balaban J connectivity index is 1.67. The van der Waals surface area contributed by atoms with E-state index in [9.17, 15) is 8.78 Å². The molecule has 1 aliphatic heterocycles. The third kappa shape index (κ3) is 3.26. The number of hydrogen-bond acceptors (Lipinski definition) is 4. The molecule has 1 fully saturated rings. The van der Waals surface area contributed by atoms with Crippen molar-refractivity contribution in [2.24, 2.45) is 0 Å². The first-order chi connectivity index (χ1) is 10.1. The lowest BCUT2D eigenvalue weighted by molar-refractivity contribution is 0.508. The number of hydrogen-bond donors (Lipinski definition) is 0. The second-order valence-corrected chi connectivity index (χ2v) is 5.82. The minimum absolute atomic E-state index is 0.712. The molecule has 3 nitrogen and oxygen atoms in total. The van der Waals surface area contributed by atoms with Crippen molar-refractivity contribution in [3.05, 3.63) is 46.8 Å². The predicted octanol–water partition coefficient (Wildman–Crippen LogP) is 3.81. The Bertz CT molecular complexity index is 671. The zero-order valence-electron chi connectivity index (χ0n) is 11.6. The fraction of sp³-hybridized carbons (Fsp3) is 0.333.